The topological polar surface area (TPSA) is 93.1 Å². The fraction of sp³-hybridized carbons (Fsp3) is 0.500. The lowest BCUT2D eigenvalue weighted by atomic mass is 9.65. The molecule has 1 saturated carbocycles. The normalized spacial score (nSPS) is 18.8. The first-order chi connectivity index (χ1) is 16.1. The van der Waals surface area contributed by atoms with Crippen molar-refractivity contribution < 1.29 is 29.3 Å². The van der Waals surface area contributed by atoms with Gasteiger partial charge in [0.15, 0.2) is 0 Å². The van der Waals surface area contributed by atoms with Crippen LogP contribution in [0.4, 0.5) is 0 Å². The van der Waals surface area contributed by atoms with Crippen LogP contribution in [0.25, 0.3) is 0 Å². The van der Waals surface area contributed by atoms with Crippen molar-refractivity contribution in [2.45, 2.75) is 89.3 Å². The number of rotatable bonds is 10. The molecule has 34 heavy (non-hydrogen) atoms. The summed E-state index contributed by atoms with van der Waals surface area (Å²) in [6, 6.07) is 15.6. The van der Waals surface area contributed by atoms with E-state index in [1.165, 1.54) is 17.5 Å². The molecule has 0 aromatic heterocycles. The Morgan fingerprint density at radius 1 is 0.735 bits per heavy atom. The van der Waals surface area contributed by atoms with Gasteiger partial charge < -0.3 is 19.7 Å². The Morgan fingerprint density at radius 2 is 1.09 bits per heavy atom. The van der Waals surface area contributed by atoms with E-state index in [0.717, 1.165) is 25.7 Å². The van der Waals surface area contributed by atoms with Crippen molar-refractivity contribution in [2.75, 3.05) is 0 Å². The number of benzene rings is 2. The zero-order valence-electron chi connectivity index (χ0n) is 20.6. The summed E-state index contributed by atoms with van der Waals surface area (Å²) < 4.78 is 11.6. The van der Waals surface area contributed by atoms with Crippen molar-refractivity contribution in [1.82, 2.24) is 0 Å². The highest BCUT2D eigenvalue weighted by molar-refractivity contribution is 5.77. The summed E-state index contributed by atoms with van der Waals surface area (Å²) in [5.74, 6) is -0.880. The van der Waals surface area contributed by atoms with Crippen LogP contribution < -0.4 is 9.47 Å². The Kier molecular flexibility index (Phi) is 7.59. The monoisotopic (exact) mass is 468 g/mol. The molecule has 0 aliphatic heterocycles. The zero-order valence-corrected chi connectivity index (χ0v) is 20.6. The first-order valence-corrected chi connectivity index (χ1v) is 12.1. The Morgan fingerprint density at radius 3 is 1.38 bits per heavy atom. The third kappa shape index (κ3) is 5.06. The van der Waals surface area contributed by atoms with Crippen molar-refractivity contribution >= 4 is 11.9 Å². The van der Waals surface area contributed by atoms with E-state index < -0.39 is 23.1 Å². The molecule has 0 bridgehead atoms. The third-order valence-corrected chi connectivity index (χ3v) is 7.46. The van der Waals surface area contributed by atoms with Crippen molar-refractivity contribution in [1.29, 1.82) is 0 Å². The fourth-order valence-corrected chi connectivity index (χ4v) is 4.64. The van der Waals surface area contributed by atoms with Gasteiger partial charge in [-0.2, -0.15) is 0 Å². The molecule has 0 spiro atoms. The molecule has 2 atom stereocenters. The van der Waals surface area contributed by atoms with Crippen LogP contribution in [0.1, 0.15) is 83.8 Å². The summed E-state index contributed by atoms with van der Waals surface area (Å²) >= 11 is 0. The van der Waals surface area contributed by atoms with Crippen molar-refractivity contribution in [3.05, 3.63) is 59.7 Å². The van der Waals surface area contributed by atoms with Crippen molar-refractivity contribution in [3.63, 3.8) is 0 Å². The predicted molar refractivity (Wildman–Crippen MR) is 131 cm³/mol. The minimum absolute atomic E-state index is 0.156. The van der Waals surface area contributed by atoms with Crippen LogP contribution in [0.5, 0.6) is 11.5 Å². The molecule has 6 heteroatoms. The molecule has 3 rings (SSSR count). The Labute approximate surface area is 201 Å². The lowest BCUT2D eigenvalue weighted by Crippen LogP contribution is -2.40. The van der Waals surface area contributed by atoms with Crippen molar-refractivity contribution in [2.24, 2.45) is 0 Å². The molecule has 2 N–H and O–H groups in total. The third-order valence-electron chi connectivity index (χ3n) is 7.46. The maximum atomic E-state index is 11.6. The van der Waals surface area contributed by atoms with E-state index in [1.807, 2.05) is 48.5 Å². The van der Waals surface area contributed by atoms with Gasteiger partial charge in [-0.1, -0.05) is 57.4 Å². The van der Waals surface area contributed by atoms with Gasteiger partial charge in [-0.25, -0.2) is 9.59 Å². The van der Waals surface area contributed by atoms with Crippen LogP contribution in [0.3, 0.4) is 0 Å². The lowest BCUT2D eigenvalue weighted by molar-refractivity contribution is -0.154. The van der Waals surface area contributed by atoms with Crippen LogP contribution in [0, 0.1) is 0 Å². The van der Waals surface area contributed by atoms with E-state index in [-0.39, 0.29) is 5.41 Å². The van der Waals surface area contributed by atoms with Gasteiger partial charge in [0.05, 0.1) is 0 Å². The standard InChI is InChI=1S/C28H36O6/c1-5-26(3,24(29)30)33-22-14-10-20(11-15-22)28(18-8-7-9-19-28)21-12-16-23(17-13-21)34-27(4,6-2)25(31)32/h10-17H,5-9,18-19H2,1-4H3,(H,29,30)(H,31,32)/t26-,27?/m1/s1. The average Bonchev–Trinajstić information content (AvgIpc) is 2.85. The Bertz CT molecular complexity index is 915. The van der Waals surface area contributed by atoms with Crippen LogP contribution in [0.15, 0.2) is 48.5 Å². The highest BCUT2D eigenvalue weighted by Crippen LogP contribution is 2.45. The van der Waals surface area contributed by atoms with Gasteiger partial charge in [0.25, 0.3) is 0 Å². The second-order valence-electron chi connectivity index (χ2n) is 9.67. The number of carboxylic acids is 2. The predicted octanol–water partition coefficient (Wildman–Crippen LogP) is 6.20. The number of hydrogen-bond donors (Lipinski definition) is 2. The van der Waals surface area contributed by atoms with Crippen LogP contribution in [-0.2, 0) is 15.0 Å². The second-order valence-corrected chi connectivity index (χ2v) is 9.67. The largest absolute Gasteiger partial charge is 0.478 e. The van der Waals surface area contributed by atoms with E-state index in [9.17, 15) is 19.8 Å². The van der Waals surface area contributed by atoms with Gasteiger partial charge in [0.2, 0.25) is 11.2 Å². The van der Waals surface area contributed by atoms with Gasteiger partial charge in [-0.05, 0) is 74.9 Å². The molecule has 6 nitrogen and oxygen atoms in total. The van der Waals surface area contributed by atoms with Gasteiger partial charge >= 0.3 is 11.9 Å². The lowest BCUT2D eigenvalue weighted by Gasteiger charge is -2.39. The number of carboxylic acid groups (broad SMARTS) is 2. The molecule has 0 radical (unpaired) electrons. The molecule has 2 aromatic rings. The van der Waals surface area contributed by atoms with Crippen molar-refractivity contribution in [3.8, 4) is 11.5 Å². The summed E-state index contributed by atoms with van der Waals surface area (Å²) in [5.41, 5.74) is -0.334. The zero-order chi connectivity index (χ0) is 25.0. The van der Waals surface area contributed by atoms with E-state index in [1.54, 1.807) is 27.7 Å². The van der Waals surface area contributed by atoms with Gasteiger partial charge in [0, 0.05) is 5.41 Å². The van der Waals surface area contributed by atoms with Crippen LogP contribution in [0.2, 0.25) is 0 Å². The molecular formula is C28H36O6. The molecule has 2 aromatic carbocycles. The molecular weight excluding hydrogens is 432 g/mol. The molecule has 1 fully saturated rings. The molecule has 0 heterocycles. The maximum Gasteiger partial charge on any atom is 0.347 e. The van der Waals surface area contributed by atoms with E-state index in [4.69, 9.17) is 9.47 Å². The highest BCUT2D eigenvalue weighted by Gasteiger charge is 2.37. The fourth-order valence-electron chi connectivity index (χ4n) is 4.64. The first-order valence-electron chi connectivity index (χ1n) is 12.1. The number of carbonyl (C=O) groups is 2. The van der Waals surface area contributed by atoms with Gasteiger partial charge in [0.1, 0.15) is 11.5 Å². The Hall–Kier alpha value is -3.02. The smallest absolute Gasteiger partial charge is 0.347 e. The molecule has 0 saturated heterocycles. The summed E-state index contributed by atoms with van der Waals surface area (Å²) in [6.07, 6.45) is 6.19. The molecule has 184 valence electrons. The minimum Gasteiger partial charge on any atom is -0.478 e. The molecule has 1 unspecified atom stereocenters. The van der Waals surface area contributed by atoms with E-state index in [2.05, 4.69) is 0 Å². The summed E-state index contributed by atoms with van der Waals surface area (Å²) in [4.78, 5) is 23.2. The molecule has 1 aliphatic carbocycles. The average molecular weight is 469 g/mol. The summed E-state index contributed by atoms with van der Waals surface area (Å²) in [5, 5.41) is 19.0. The number of hydrogen-bond acceptors (Lipinski definition) is 4. The second kappa shape index (κ2) is 10.1. The number of aliphatic carboxylic acids is 2. The minimum atomic E-state index is -1.26. The quantitative estimate of drug-likeness (QED) is 0.431. The molecule has 0 amide bonds. The summed E-state index contributed by atoms with van der Waals surface area (Å²) in [6.45, 7) is 6.77. The van der Waals surface area contributed by atoms with Crippen LogP contribution in [-0.4, -0.2) is 33.4 Å². The van der Waals surface area contributed by atoms with Crippen LogP contribution >= 0.6 is 0 Å². The van der Waals surface area contributed by atoms with Gasteiger partial charge in [-0.15, -0.1) is 0 Å². The van der Waals surface area contributed by atoms with E-state index >= 15 is 0 Å². The van der Waals surface area contributed by atoms with E-state index in [0.29, 0.717) is 24.3 Å². The summed E-state index contributed by atoms with van der Waals surface area (Å²) in [7, 11) is 0. The van der Waals surface area contributed by atoms with Gasteiger partial charge in [-0.3, -0.25) is 0 Å². The molecule has 1 aliphatic rings. The maximum absolute atomic E-state index is 11.6. The SMILES string of the molecule is CCC(C)(Oc1ccc(C2(c3ccc(O[C@](C)(CC)C(=O)O)cc3)CCCCC2)cc1)C(=O)O. The first kappa shape index (κ1) is 25.6. The highest BCUT2D eigenvalue weighted by atomic mass is 16.5. The Balaban J connectivity index is 1.89. The number of ether oxygens (including phenoxy) is 2.